The maximum Gasteiger partial charge on any atom is 0.354 e. The van der Waals surface area contributed by atoms with E-state index in [-0.39, 0.29) is 11.4 Å². The number of dihydropyridines is 1. The molecule has 1 N–H and O–H groups in total. The molecule has 0 fully saturated rings. The van der Waals surface area contributed by atoms with Gasteiger partial charge in [0.15, 0.2) is 0 Å². The van der Waals surface area contributed by atoms with E-state index in [1.54, 1.807) is 12.2 Å². The van der Waals surface area contributed by atoms with Crippen LogP contribution in [0.4, 0.5) is 0 Å². The first-order valence-corrected chi connectivity index (χ1v) is 4.03. The summed E-state index contributed by atoms with van der Waals surface area (Å²) in [5.74, 6) is -1.00. The van der Waals surface area contributed by atoms with Crippen molar-refractivity contribution in [1.29, 1.82) is 0 Å². The molecule has 5 heteroatoms. The summed E-state index contributed by atoms with van der Waals surface area (Å²) in [6.07, 6.45) is 3.78. The van der Waals surface area contributed by atoms with Gasteiger partial charge in [0.25, 0.3) is 0 Å². The number of rotatable bonds is 2. The third-order valence-electron chi connectivity index (χ3n) is 1.72. The van der Waals surface area contributed by atoms with Crippen molar-refractivity contribution in [3.05, 3.63) is 23.5 Å². The van der Waals surface area contributed by atoms with Crippen LogP contribution in [0.25, 0.3) is 0 Å². The summed E-state index contributed by atoms with van der Waals surface area (Å²) in [7, 11) is 2.56. The van der Waals surface area contributed by atoms with Crippen molar-refractivity contribution in [3.8, 4) is 0 Å². The molecule has 0 saturated carbocycles. The third-order valence-corrected chi connectivity index (χ3v) is 1.72. The van der Waals surface area contributed by atoms with Gasteiger partial charge in [-0.1, -0.05) is 0 Å². The van der Waals surface area contributed by atoms with Crippen LogP contribution < -0.4 is 5.32 Å². The fraction of sp³-hybridized carbons (Fsp3) is 0.333. The Kier molecular flexibility index (Phi) is 3.28. The van der Waals surface area contributed by atoms with E-state index in [9.17, 15) is 9.59 Å². The summed E-state index contributed by atoms with van der Waals surface area (Å²) < 4.78 is 9.00. The second-order valence-electron chi connectivity index (χ2n) is 2.58. The zero-order valence-electron chi connectivity index (χ0n) is 7.99. The highest BCUT2D eigenvalue weighted by Crippen LogP contribution is 2.09. The van der Waals surface area contributed by atoms with Gasteiger partial charge < -0.3 is 14.8 Å². The molecule has 0 aromatic carbocycles. The molecule has 0 amide bonds. The Bertz CT molecular complexity index is 287. The molecule has 0 unspecified atom stereocenters. The van der Waals surface area contributed by atoms with E-state index >= 15 is 0 Å². The van der Waals surface area contributed by atoms with Gasteiger partial charge in [0.1, 0.15) is 11.4 Å². The van der Waals surface area contributed by atoms with Gasteiger partial charge in [-0.25, -0.2) is 9.59 Å². The van der Waals surface area contributed by atoms with Crippen LogP contribution in [-0.4, -0.2) is 26.2 Å². The largest absolute Gasteiger partial charge is 0.464 e. The zero-order chi connectivity index (χ0) is 10.6. The molecule has 0 aliphatic carbocycles. The predicted octanol–water partition coefficient (Wildman–Crippen LogP) is 0.0935. The van der Waals surface area contributed by atoms with Crippen molar-refractivity contribution in [2.24, 2.45) is 0 Å². The van der Waals surface area contributed by atoms with Crippen LogP contribution in [-0.2, 0) is 19.1 Å². The molecule has 0 spiro atoms. The number of carbonyl (C=O) groups excluding carboxylic acids is 2. The fourth-order valence-corrected chi connectivity index (χ4v) is 1.03. The van der Waals surface area contributed by atoms with E-state index in [1.165, 1.54) is 14.2 Å². The Morgan fingerprint density at radius 1 is 1.14 bits per heavy atom. The van der Waals surface area contributed by atoms with Gasteiger partial charge in [-0.05, 0) is 18.6 Å². The minimum atomic E-state index is -0.500. The van der Waals surface area contributed by atoms with Crippen LogP contribution in [0.15, 0.2) is 23.5 Å². The molecule has 0 bridgehead atoms. The van der Waals surface area contributed by atoms with E-state index < -0.39 is 11.9 Å². The highest BCUT2D eigenvalue weighted by atomic mass is 16.5. The molecule has 0 saturated heterocycles. The smallest absolute Gasteiger partial charge is 0.354 e. The predicted molar refractivity (Wildman–Crippen MR) is 48.0 cm³/mol. The van der Waals surface area contributed by atoms with E-state index in [0.717, 1.165) is 0 Å². The lowest BCUT2D eigenvalue weighted by Gasteiger charge is -2.14. The zero-order valence-corrected chi connectivity index (χ0v) is 7.99. The fourth-order valence-electron chi connectivity index (χ4n) is 1.03. The van der Waals surface area contributed by atoms with Crippen LogP contribution in [0.2, 0.25) is 0 Å². The topological polar surface area (TPSA) is 64.6 Å². The third kappa shape index (κ3) is 2.12. The number of allylic oxidation sites excluding steroid dienone is 2. The van der Waals surface area contributed by atoms with Crippen LogP contribution in [0.1, 0.15) is 6.42 Å². The Morgan fingerprint density at radius 2 is 1.57 bits per heavy atom. The monoisotopic (exact) mass is 197 g/mol. The Balaban J connectivity index is 2.68. The number of hydrogen-bond donors (Lipinski definition) is 1. The summed E-state index contributed by atoms with van der Waals surface area (Å²) >= 11 is 0. The van der Waals surface area contributed by atoms with Crippen molar-refractivity contribution in [2.75, 3.05) is 14.2 Å². The van der Waals surface area contributed by atoms with Crippen molar-refractivity contribution in [3.63, 3.8) is 0 Å². The van der Waals surface area contributed by atoms with Crippen LogP contribution in [0.5, 0.6) is 0 Å². The molecule has 0 atom stereocenters. The first-order chi connectivity index (χ1) is 6.69. The lowest BCUT2D eigenvalue weighted by Crippen LogP contribution is -2.28. The van der Waals surface area contributed by atoms with Crippen molar-refractivity contribution in [1.82, 2.24) is 5.32 Å². The van der Waals surface area contributed by atoms with E-state index in [4.69, 9.17) is 0 Å². The number of carbonyl (C=O) groups is 2. The van der Waals surface area contributed by atoms with Crippen LogP contribution >= 0.6 is 0 Å². The molecule has 76 valence electrons. The lowest BCUT2D eigenvalue weighted by molar-refractivity contribution is -0.137. The molecule has 5 nitrogen and oxygen atoms in total. The summed E-state index contributed by atoms with van der Waals surface area (Å²) in [5, 5.41) is 2.63. The molecule has 14 heavy (non-hydrogen) atoms. The molecular formula is C9H11NO4. The van der Waals surface area contributed by atoms with E-state index in [1.807, 2.05) is 0 Å². The standard InChI is InChI=1S/C9H11NO4/c1-13-8(11)6-4-3-5-7(10-6)9(12)14-2/h4-5,10H,3H2,1-2H3. The van der Waals surface area contributed by atoms with Gasteiger partial charge in [0.2, 0.25) is 0 Å². The number of methoxy groups -OCH3 is 2. The maximum absolute atomic E-state index is 11.1. The van der Waals surface area contributed by atoms with Crippen molar-refractivity contribution >= 4 is 11.9 Å². The normalized spacial score (nSPS) is 14.7. The summed E-state index contributed by atoms with van der Waals surface area (Å²) in [4.78, 5) is 22.2. The molecule has 1 aliphatic rings. The van der Waals surface area contributed by atoms with Gasteiger partial charge in [-0.3, -0.25) is 0 Å². The number of ether oxygens (including phenoxy) is 2. The highest BCUT2D eigenvalue weighted by Gasteiger charge is 2.18. The summed E-state index contributed by atoms with van der Waals surface area (Å²) in [6.45, 7) is 0. The SMILES string of the molecule is COC(=O)C1=CCC=C(C(=O)OC)N1. The highest BCUT2D eigenvalue weighted by molar-refractivity contribution is 5.94. The molecule has 1 rings (SSSR count). The maximum atomic E-state index is 11.1. The summed E-state index contributed by atoms with van der Waals surface area (Å²) in [5.41, 5.74) is 0.519. The molecular weight excluding hydrogens is 186 g/mol. The van der Waals surface area contributed by atoms with Gasteiger partial charge in [0, 0.05) is 0 Å². The van der Waals surface area contributed by atoms with Crippen LogP contribution in [0.3, 0.4) is 0 Å². The molecule has 0 aromatic heterocycles. The van der Waals surface area contributed by atoms with Crippen LogP contribution in [0, 0.1) is 0 Å². The molecule has 0 radical (unpaired) electrons. The first-order valence-electron chi connectivity index (χ1n) is 4.03. The molecule has 1 aliphatic heterocycles. The first kappa shape index (κ1) is 10.3. The second kappa shape index (κ2) is 4.45. The molecule has 0 aromatic rings. The Morgan fingerprint density at radius 3 is 1.93 bits per heavy atom. The Hall–Kier alpha value is -1.78. The van der Waals surface area contributed by atoms with E-state index in [2.05, 4.69) is 14.8 Å². The van der Waals surface area contributed by atoms with Gasteiger partial charge in [-0.2, -0.15) is 0 Å². The number of nitrogens with one attached hydrogen (secondary N) is 1. The van der Waals surface area contributed by atoms with Gasteiger partial charge in [-0.15, -0.1) is 0 Å². The average Bonchev–Trinajstić information content (AvgIpc) is 2.27. The van der Waals surface area contributed by atoms with E-state index in [0.29, 0.717) is 6.42 Å². The van der Waals surface area contributed by atoms with Gasteiger partial charge in [0.05, 0.1) is 14.2 Å². The number of hydrogen-bond acceptors (Lipinski definition) is 5. The van der Waals surface area contributed by atoms with Gasteiger partial charge >= 0.3 is 11.9 Å². The second-order valence-corrected chi connectivity index (χ2v) is 2.58. The minimum Gasteiger partial charge on any atom is -0.464 e. The quantitative estimate of drug-likeness (QED) is 0.636. The minimum absolute atomic E-state index is 0.260. The number of esters is 2. The summed E-state index contributed by atoms with van der Waals surface area (Å²) in [6, 6.07) is 0. The van der Waals surface area contributed by atoms with Crippen molar-refractivity contribution < 1.29 is 19.1 Å². The average molecular weight is 197 g/mol. The van der Waals surface area contributed by atoms with Crippen molar-refractivity contribution in [2.45, 2.75) is 6.42 Å². The Labute approximate surface area is 81.4 Å². The lowest BCUT2D eigenvalue weighted by atomic mass is 10.2. The molecule has 1 heterocycles.